The van der Waals surface area contributed by atoms with Gasteiger partial charge in [0.05, 0.1) is 23.4 Å². The molecule has 1 N–H and O–H groups in total. The van der Waals surface area contributed by atoms with Gasteiger partial charge in [-0.2, -0.15) is 0 Å². The molecule has 9 heteroatoms. The Balaban J connectivity index is 1.50. The van der Waals surface area contributed by atoms with Crippen LogP contribution in [-0.4, -0.2) is 38.5 Å². The third-order valence-corrected chi connectivity index (χ3v) is 5.57. The molecule has 0 radical (unpaired) electrons. The van der Waals surface area contributed by atoms with Crippen molar-refractivity contribution in [3.05, 3.63) is 47.5 Å². The molecule has 148 valence electrons. The molecule has 0 aliphatic heterocycles. The number of thioether (sulfide) groups is 1. The minimum Gasteiger partial charge on any atom is -0.495 e. The molecule has 1 amide bonds. The van der Waals surface area contributed by atoms with Gasteiger partial charge in [-0.3, -0.25) is 4.79 Å². The third kappa shape index (κ3) is 3.86. The summed E-state index contributed by atoms with van der Waals surface area (Å²) in [7, 11) is 1.54. The second kappa shape index (κ2) is 8.26. The van der Waals surface area contributed by atoms with E-state index in [2.05, 4.69) is 32.0 Å². The molecule has 2 aromatic carbocycles. The van der Waals surface area contributed by atoms with E-state index in [0.717, 1.165) is 28.6 Å². The maximum atomic E-state index is 12.3. The van der Waals surface area contributed by atoms with Crippen molar-refractivity contribution in [2.75, 3.05) is 18.2 Å². The van der Waals surface area contributed by atoms with E-state index in [4.69, 9.17) is 16.3 Å². The fourth-order valence-electron chi connectivity index (χ4n) is 3.14. The topological polar surface area (TPSA) is 81.9 Å². The summed E-state index contributed by atoms with van der Waals surface area (Å²) in [4.78, 5) is 16.9. The zero-order chi connectivity index (χ0) is 20.4. The van der Waals surface area contributed by atoms with Crippen LogP contribution in [0.25, 0.3) is 22.1 Å². The number of nitrogens with one attached hydrogen (secondary N) is 1. The molecule has 0 bridgehead atoms. The molecule has 0 aliphatic carbocycles. The number of halogens is 1. The molecule has 2 aromatic heterocycles. The van der Waals surface area contributed by atoms with Gasteiger partial charge in [0.2, 0.25) is 11.1 Å². The average Bonchev–Trinajstić information content (AvgIpc) is 3.05. The number of aromatic nitrogens is 4. The molecule has 0 spiro atoms. The molecule has 0 saturated heterocycles. The Hall–Kier alpha value is -2.84. The van der Waals surface area contributed by atoms with Crippen molar-refractivity contribution < 1.29 is 9.53 Å². The highest BCUT2D eigenvalue weighted by atomic mass is 35.5. The maximum Gasteiger partial charge on any atom is 0.234 e. The monoisotopic (exact) mass is 427 g/mol. The zero-order valence-electron chi connectivity index (χ0n) is 15.8. The lowest BCUT2D eigenvalue weighted by atomic mass is 10.2. The van der Waals surface area contributed by atoms with Crippen LogP contribution in [0.5, 0.6) is 5.75 Å². The molecule has 0 atom stereocenters. The SMILES string of the molecule is CCn1c2ccccc2c2nnc(SCC(=O)Nc3ccc(OC)c(Cl)c3)nc21. The molecule has 0 saturated carbocycles. The van der Waals surface area contributed by atoms with E-state index in [0.29, 0.717) is 21.6 Å². The summed E-state index contributed by atoms with van der Waals surface area (Å²) in [5.74, 6) is 0.525. The quantitative estimate of drug-likeness (QED) is 0.459. The van der Waals surface area contributed by atoms with Gasteiger partial charge in [0.15, 0.2) is 5.65 Å². The van der Waals surface area contributed by atoms with Gasteiger partial charge in [-0.25, -0.2) is 4.98 Å². The maximum absolute atomic E-state index is 12.3. The molecule has 4 rings (SSSR count). The van der Waals surface area contributed by atoms with Crippen LogP contribution in [-0.2, 0) is 11.3 Å². The Morgan fingerprint density at radius 3 is 2.83 bits per heavy atom. The lowest BCUT2D eigenvalue weighted by Crippen LogP contribution is -2.14. The van der Waals surface area contributed by atoms with Gasteiger partial charge >= 0.3 is 0 Å². The number of benzene rings is 2. The fraction of sp³-hybridized carbons (Fsp3) is 0.200. The number of amides is 1. The third-order valence-electron chi connectivity index (χ3n) is 4.44. The van der Waals surface area contributed by atoms with Crippen molar-refractivity contribution in [3.63, 3.8) is 0 Å². The van der Waals surface area contributed by atoms with E-state index in [-0.39, 0.29) is 11.7 Å². The van der Waals surface area contributed by atoms with Gasteiger partial charge < -0.3 is 14.6 Å². The molecule has 29 heavy (non-hydrogen) atoms. The van der Waals surface area contributed by atoms with E-state index in [1.807, 2.05) is 24.3 Å². The first-order valence-electron chi connectivity index (χ1n) is 8.98. The van der Waals surface area contributed by atoms with E-state index in [9.17, 15) is 4.79 Å². The number of carbonyl (C=O) groups is 1. The number of hydrogen-bond acceptors (Lipinski definition) is 6. The highest BCUT2D eigenvalue weighted by Gasteiger charge is 2.14. The molecular formula is C20H18ClN5O2S. The largest absolute Gasteiger partial charge is 0.495 e. The highest BCUT2D eigenvalue weighted by molar-refractivity contribution is 7.99. The summed E-state index contributed by atoms with van der Waals surface area (Å²) in [5.41, 5.74) is 3.21. The van der Waals surface area contributed by atoms with Crippen LogP contribution in [0, 0.1) is 0 Å². The number of para-hydroxylation sites is 1. The smallest absolute Gasteiger partial charge is 0.234 e. The van der Waals surface area contributed by atoms with Gasteiger partial charge in [0.1, 0.15) is 11.3 Å². The highest BCUT2D eigenvalue weighted by Crippen LogP contribution is 2.28. The van der Waals surface area contributed by atoms with Crippen molar-refractivity contribution >= 4 is 57.0 Å². The predicted molar refractivity (Wildman–Crippen MR) is 116 cm³/mol. The van der Waals surface area contributed by atoms with E-state index < -0.39 is 0 Å². The van der Waals surface area contributed by atoms with Crippen molar-refractivity contribution in [2.24, 2.45) is 0 Å². The van der Waals surface area contributed by atoms with Crippen molar-refractivity contribution in [3.8, 4) is 5.75 Å². The van der Waals surface area contributed by atoms with Gasteiger partial charge in [-0.05, 0) is 31.2 Å². The van der Waals surface area contributed by atoms with Crippen LogP contribution in [0.3, 0.4) is 0 Å². The van der Waals surface area contributed by atoms with Gasteiger partial charge in [-0.1, -0.05) is 41.6 Å². The van der Waals surface area contributed by atoms with Crippen LogP contribution in [0.4, 0.5) is 5.69 Å². The normalized spacial score (nSPS) is 11.1. The Morgan fingerprint density at radius 1 is 1.24 bits per heavy atom. The Bertz CT molecular complexity index is 1210. The molecule has 7 nitrogen and oxygen atoms in total. The first-order chi connectivity index (χ1) is 14.1. The number of anilines is 1. The second-order valence-corrected chi connectivity index (χ2v) is 7.56. The number of aryl methyl sites for hydroxylation is 1. The number of methoxy groups -OCH3 is 1. The zero-order valence-corrected chi connectivity index (χ0v) is 17.4. The number of hydrogen-bond donors (Lipinski definition) is 1. The summed E-state index contributed by atoms with van der Waals surface area (Å²) in [5, 5.41) is 13.3. The van der Waals surface area contributed by atoms with E-state index in [1.165, 1.54) is 11.8 Å². The predicted octanol–water partition coefficient (Wildman–Crippen LogP) is 4.39. The Morgan fingerprint density at radius 2 is 2.07 bits per heavy atom. The number of ether oxygens (including phenoxy) is 1. The first-order valence-corrected chi connectivity index (χ1v) is 10.3. The van der Waals surface area contributed by atoms with Crippen LogP contribution >= 0.6 is 23.4 Å². The number of rotatable bonds is 6. The summed E-state index contributed by atoms with van der Waals surface area (Å²) in [6, 6.07) is 13.1. The minimum atomic E-state index is -0.184. The van der Waals surface area contributed by atoms with Gasteiger partial charge in [-0.15, -0.1) is 10.2 Å². The number of fused-ring (bicyclic) bond motifs is 3. The van der Waals surface area contributed by atoms with Gasteiger partial charge in [0, 0.05) is 17.6 Å². The van der Waals surface area contributed by atoms with Gasteiger partial charge in [0.25, 0.3) is 0 Å². The second-order valence-electron chi connectivity index (χ2n) is 6.21. The van der Waals surface area contributed by atoms with Crippen LogP contribution in [0.2, 0.25) is 5.02 Å². The first kappa shape index (κ1) is 19.5. The van der Waals surface area contributed by atoms with Crippen LogP contribution in [0.15, 0.2) is 47.6 Å². The van der Waals surface area contributed by atoms with Crippen LogP contribution < -0.4 is 10.1 Å². The molecule has 4 aromatic rings. The molecule has 0 unspecified atom stereocenters. The Kier molecular flexibility index (Phi) is 5.55. The molecule has 2 heterocycles. The summed E-state index contributed by atoms with van der Waals surface area (Å²) >= 11 is 7.33. The standard InChI is InChI=1S/C20H18ClN5O2S/c1-3-26-15-7-5-4-6-13(15)18-19(26)23-20(25-24-18)29-11-17(27)22-12-8-9-16(28-2)14(21)10-12/h4-10H,3,11H2,1-2H3,(H,22,27). The summed E-state index contributed by atoms with van der Waals surface area (Å²) < 4.78 is 7.21. The lowest BCUT2D eigenvalue weighted by molar-refractivity contribution is -0.113. The molecule has 0 fully saturated rings. The number of nitrogens with zero attached hydrogens (tertiary/aromatic N) is 4. The minimum absolute atomic E-state index is 0.156. The van der Waals surface area contributed by atoms with E-state index >= 15 is 0 Å². The fourth-order valence-corrected chi connectivity index (χ4v) is 3.98. The average molecular weight is 428 g/mol. The summed E-state index contributed by atoms with van der Waals surface area (Å²) in [6.07, 6.45) is 0. The molecule has 0 aliphatic rings. The van der Waals surface area contributed by atoms with Crippen molar-refractivity contribution in [1.82, 2.24) is 19.7 Å². The molecular weight excluding hydrogens is 410 g/mol. The van der Waals surface area contributed by atoms with Crippen molar-refractivity contribution in [1.29, 1.82) is 0 Å². The van der Waals surface area contributed by atoms with Crippen LogP contribution in [0.1, 0.15) is 6.92 Å². The summed E-state index contributed by atoms with van der Waals surface area (Å²) in [6.45, 7) is 2.83. The van der Waals surface area contributed by atoms with Crippen molar-refractivity contribution in [2.45, 2.75) is 18.6 Å². The number of carbonyl (C=O) groups excluding carboxylic acids is 1. The Labute approximate surface area is 176 Å². The van der Waals surface area contributed by atoms with E-state index in [1.54, 1.807) is 25.3 Å². The lowest BCUT2D eigenvalue weighted by Gasteiger charge is -2.07.